The van der Waals surface area contributed by atoms with Crippen LogP contribution in [-0.2, 0) is 11.3 Å². The van der Waals surface area contributed by atoms with Crippen molar-refractivity contribution < 1.29 is 4.79 Å². The third kappa shape index (κ3) is 4.06. The lowest BCUT2D eigenvalue weighted by Crippen LogP contribution is -2.43. The van der Waals surface area contributed by atoms with Gasteiger partial charge in [0.05, 0.1) is 18.2 Å². The molecule has 146 valence electrons. The minimum absolute atomic E-state index is 0.0220. The molecule has 1 saturated heterocycles. The van der Waals surface area contributed by atoms with E-state index in [-0.39, 0.29) is 11.8 Å². The Kier molecular flexibility index (Phi) is 5.38. The van der Waals surface area contributed by atoms with E-state index in [4.69, 9.17) is 0 Å². The van der Waals surface area contributed by atoms with Crippen molar-refractivity contribution in [3.63, 3.8) is 0 Å². The van der Waals surface area contributed by atoms with Gasteiger partial charge in [-0.15, -0.1) is 21.5 Å². The van der Waals surface area contributed by atoms with Crippen LogP contribution in [0.3, 0.4) is 0 Å². The molecule has 1 unspecified atom stereocenters. The second kappa shape index (κ2) is 8.10. The normalized spacial score (nSPS) is 16.9. The van der Waals surface area contributed by atoms with Crippen molar-refractivity contribution in [2.24, 2.45) is 5.92 Å². The van der Waals surface area contributed by atoms with E-state index < -0.39 is 0 Å². The number of hydrogen-bond donors (Lipinski definition) is 1. The molecule has 1 aliphatic rings. The fourth-order valence-corrected chi connectivity index (χ4v) is 4.24. The summed E-state index contributed by atoms with van der Waals surface area (Å²) in [5.41, 5.74) is 1.98. The summed E-state index contributed by atoms with van der Waals surface area (Å²) in [6.45, 7) is 6.12. The molecule has 8 heteroatoms. The van der Waals surface area contributed by atoms with Crippen molar-refractivity contribution in [1.82, 2.24) is 25.3 Å². The van der Waals surface area contributed by atoms with Crippen LogP contribution in [0.1, 0.15) is 29.1 Å². The Hall–Kier alpha value is -2.74. The highest BCUT2D eigenvalue weighted by Crippen LogP contribution is 2.22. The van der Waals surface area contributed by atoms with E-state index in [1.807, 2.05) is 49.6 Å². The number of anilines is 1. The van der Waals surface area contributed by atoms with Gasteiger partial charge < -0.3 is 10.2 Å². The summed E-state index contributed by atoms with van der Waals surface area (Å²) in [7, 11) is 0. The zero-order valence-corrected chi connectivity index (χ0v) is 16.9. The Bertz CT molecular complexity index is 934. The Morgan fingerprint density at radius 2 is 2.07 bits per heavy atom. The lowest BCUT2D eigenvalue weighted by molar-refractivity contribution is -0.125. The van der Waals surface area contributed by atoms with Crippen LogP contribution in [0.15, 0.2) is 35.7 Å². The maximum absolute atomic E-state index is 12.6. The summed E-state index contributed by atoms with van der Waals surface area (Å²) in [5.74, 6) is 1.61. The van der Waals surface area contributed by atoms with Gasteiger partial charge in [0, 0.05) is 23.7 Å². The number of nitrogens with one attached hydrogen (secondary N) is 1. The van der Waals surface area contributed by atoms with Crippen LogP contribution >= 0.6 is 11.3 Å². The number of thiophene rings is 1. The van der Waals surface area contributed by atoms with E-state index in [0.717, 1.165) is 36.6 Å². The van der Waals surface area contributed by atoms with Crippen molar-refractivity contribution in [2.45, 2.75) is 33.2 Å². The quantitative estimate of drug-likeness (QED) is 0.718. The number of carbonyl (C=O) groups excluding carboxylic acids is 1. The average molecular weight is 397 g/mol. The second-order valence-electron chi connectivity index (χ2n) is 7.17. The molecule has 1 fully saturated rings. The summed E-state index contributed by atoms with van der Waals surface area (Å²) in [4.78, 5) is 15.9. The van der Waals surface area contributed by atoms with Crippen molar-refractivity contribution in [3.8, 4) is 5.82 Å². The van der Waals surface area contributed by atoms with E-state index >= 15 is 0 Å². The van der Waals surface area contributed by atoms with Crippen molar-refractivity contribution in [2.75, 3.05) is 18.0 Å². The molecule has 3 aromatic heterocycles. The molecule has 4 heterocycles. The molecule has 7 nitrogen and oxygen atoms in total. The van der Waals surface area contributed by atoms with Gasteiger partial charge in [-0.3, -0.25) is 4.79 Å². The third-order valence-electron chi connectivity index (χ3n) is 5.00. The maximum Gasteiger partial charge on any atom is 0.225 e. The summed E-state index contributed by atoms with van der Waals surface area (Å²) in [6, 6.07) is 9.95. The maximum atomic E-state index is 12.6. The molecule has 1 atom stereocenters. The van der Waals surface area contributed by atoms with Crippen LogP contribution in [0.4, 0.5) is 5.82 Å². The smallest absolute Gasteiger partial charge is 0.225 e. The molecular weight excluding hydrogens is 372 g/mol. The number of carbonyl (C=O) groups is 1. The number of aromatic nitrogens is 4. The molecule has 0 aromatic carbocycles. The SMILES string of the molecule is Cc1cc(C)n(-c2ccc(N3CCCC(C(=O)NCc4cccs4)C3)nn2)n1. The van der Waals surface area contributed by atoms with Gasteiger partial charge in [0.25, 0.3) is 0 Å². The Labute approximate surface area is 168 Å². The van der Waals surface area contributed by atoms with Gasteiger partial charge in [-0.25, -0.2) is 4.68 Å². The number of nitrogens with zero attached hydrogens (tertiary/aromatic N) is 5. The van der Waals surface area contributed by atoms with Crippen LogP contribution in [0.25, 0.3) is 5.82 Å². The third-order valence-corrected chi connectivity index (χ3v) is 5.87. The van der Waals surface area contributed by atoms with Gasteiger partial charge in [-0.05, 0) is 56.3 Å². The van der Waals surface area contributed by atoms with E-state index in [0.29, 0.717) is 18.9 Å². The number of amides is 1. The predicted octanol–water partition coefficient (Wildman–Crippen LogP) is 2.87. The number of hydrogen-bond acceptors (Lipinski definition) is 6. The lowest BCUT2D eigenvalue weighted by atomic mass is 9.97. The lowest BCUT2D eigenvalue weighted by Gasteiger charge is -2.32. The molecule has 4 rings (SSSR count). The molecule has 0 radical (unpaired) electrons. The fraction of sp³-hybridized carbons (Fsp3) is 0.400. The molecule has 0 aliphatic carbocycles. The van der Waals surface area contributed by atoms with Crippen LogP contribution in [0.5, 0.6) is 0 Å². The zero-order valence-electron chi connectivity index (χ0n) is 16.1. The van der Waals surface area contributed by atoms with Crippen LogP contribution in [0, 0.1) is 19.8 Å². The fourth-order valence-electron chi connectivity index (χ4n) is 3.59. The van der Waals surface area contributed by atoms with Crippen molar-refractivity contribution >= 4 is 23.1 Å². The Morgan fingerprint density at radius 1 is 1.25 bits per heavy atom. The number of aryl methyl sites for hydroxylation is 2. The second-order valence-corrected chi connectivity index (χ2v) is 8.20. The molecular formula is C20H24N6OS. The summed E-state index contributed by atoms with van der Waals surface area (Å²) in [5, 5.41) is 18.3. The van der Waals surface area contributed by atoms with E-state index in [1.54, 1.807) is 16.0 Å². The minimum Gasteiger partial charge on any atom is -0.354 e. The van der Waals surface area contributed by atoms with Crippen LogP contribution < -0.4 is 10.2 Å². The monoisotopic (exact) mass is 396 g/mol. The van der Waals surface area contributed by atoms with Crippen molar-refractivity contribution in [3.05, 3.63) is 52.0 Å². The predicted molar refractivity (Wildman–Crippen MR) is 110 cm³/mol. The molecule has 1 N–H and O–H groups in total. The zero-order chi connectivity index (χ0) is 19.5. The highest BCUT2D eigenvalue weighted by Gasteiger charge is 2.26. The molecule has 0 spiro atoms. The van der Waals surface area contributed by atoms with Crippen LogP contribution in [-0.4, -0.2) is 39.0 Å². The van der Waals surface area contributed by atoms with Gasteiger partial charge in [0.2, 0.25) is 5.91 Å². The number of piperidine rings is 1. The molecule has 1 amide bonds. The van der Waals surface area contributed by atoms with E-state index in [9.17, 15) is 4.79 Å². The van der Waals surface area contributed by atoms with Crippen LogP contribution in [0.2, 0.25) is 0 Å². The largest absolute Gasteiger partial charge is 0.354 e. The van der Waals surface area contributed by atoms with E-state index in [2.05, 4.69) is 25.5 Å². The van der Waals surface area contributed by atoms with Gasteiger partial charge in [0.1, 0.15) is 0 Å². The molecule has 0 bridgehead atoms. The highest BCUT2D eigenvalue weighted by molar-refractivity contribution is 7.09. The first-order valence-electron chi connectivity index (χ1n) is 9.52. The topological polar surface area (TPSA) is 75.9 Å². The standard InChI is InChI=1S/C20H24N6OS/c1-14-11-15(2)26(24-14)19-8-7-18(22-23-19)25-9-3-5-16(13-25)20(27)21-12-17-6-4-10-28-17/h4,6-8,10-11,16H,3,5,9,12-13H2,1-2H3,(H,21,27). The first-order valence-corrected chi connectivity index (χ1v) is 10.4. The van der Waals surface area contributed by atoms with Crippen molar-refractivity contribution in [1.29, 1.82) is 0 Å². The minimum atomic E-state index is -0.0220. The molecule has 1 aliphatic heterocycles. The summed E-state index contributed by atoms with van der Waals surface area (Å²) < 4.78 is 1.79. The van der Waals surface area contributed by atoms with E-state index in [1.165, 1.54) is 4.88 Å². The highest BCUT2D eigenvalue weighted by atomic mass is 32.1. The molecule has 3 aromatic rings. The Balaban J connectivity index is 1.40. The number of rotatable bonds is 5. The molecule has 0 saturated carbocycles. The van der Waals surface area contributed by atoms with Gasteiger partial charge in [0.15, 0.2) is 11.6 Å². The summed E-state index contributed by atoms with van der Waals surface area (Å²) >= 11 is 1.66. The average Bonchev–Trinajstić information content (AvgIpc) is 3.35. The van der Waals surface area contributed by atoms with Gasteiger partial charge >= 0.3 is 0 Å². The van der Waals surface area contributed by atoms with Gasteiger partial charge in [-0.2, -0.15) is 5.10 Å². The first kappa shape index (κ1) is 18.6. The molecule has 28 heavy (non-hydrogen) atoms. The van der Waals surface area contributed by atoms with Gasteiger partial charge in [-0.1, -0.05) is 6.07 Å². The Morgan fingerprint density at radius 3 is 2.75 bits per heavy atom. The first-order chi connectivity index (χ1) is 13.6. The summed E-state index contributed by atoms with van der Waals surface area (Å²) in [6.07, 6.45) is 1.88.